The highest BCUT2D eigenvalue weighted by atomic mass is 15.2. The first-order valence-electron chi connectivity index (χ1n) is 6.30. The minimum Gasteiger partial charge on any atom is -0.326 e. The fraction of sp³-hybridized carbons (Fsp3) is 0.500. The molecule has 1 aromatic rings. The van der Waals surface area contributed by atoms with E-state index in [4.69, 9.17) is 11.0 Å². The lowest BCUT2D eigenvalue weighted by molar-refractivity contribution is 0.190. The molecule has 2 atom stereocenters. The minimum absolute atomic E-state index is 0.426. The third kappa shape index (κ3) is 1.69. The second-order valence-electron chi connectivity index (χ2n) is 5.11. The summed E-state index contributed by atoms with van der Waals surface area (Å²) in [6.45, 7) is 1.53. The van der Waals surface area contributed by atoms with Crippen LogP contribution in [0.15, 0.2) is 18.2 Å². The molecular formula is C14H17N3. The number of nitrogens with zero attached hydrogens (tertiary/aromatic N) is 2. The van der Waals surface area contributed by atoms with Crippen LogP contribution in [-0.4, -0.2) is 17.5 Å². The maximum absolute atomic E-state index is 9.09. The third-order valence-corrected chi connectivity index (χ3v) is 4.19. The zero-order chi connectivity index (χ0) is 11.8. The van der Waals surface area contributed by atoms with Gasteiger partial charge in [-0.05, 0) is 41.9 Å². The molecule has 0 spiro atoms. The van der Waals surface area contributed by atoms with Crippen molar-refractivity contribution in [3.8, 4) is 6.19 Å². The van der Waals surface area contributed by atoms with Gasteiger partial charge >= 0.3 is 0 Å². The van der Waals surface area contributed by atoms with Gasteiger partial charge in [0.25, 0.3) is 0 Å². The molecule has 2 bridgehead atoms. The highest BCUT2D eigenvalue weighted by molar-refractivity contribution is 5.38. The fourth-order valence-electron chi connectivity index (χ4n) is 3.25. The summed E-state index contributed by atoms with van der Waals surface area (Å²) >= 11 is 0. The van der Waals surface area contributed by atoms with Crippen LogP contribution in [0.5, 0.6) is 0 Å². The van der Waals surface area contributed by atoms with Gasteiger partial charge in [0, 0.05) is 19.1 Å². The summed E-state index contributed by atoms with van der Waals surface area (Å²) in [6.07, 6.45) is 5.58. The molecular weight excluding hydrogens is 210 g/mol. The van der Waals surface area contributed by atoms with Crippen molar-refractivity contribution in [2.75, 3.05) is 6.54 Å². The maximum Gasteiger partial charge on any atom is 0.179 e. The van der Waals surface area contributed by atoms with E-state index in [2.05, 4.69) is 24.4 Å². The summed E-state index contributed by atoms with van der Waals surface area (Å²) in [7, 11) is 0. The molecule has 1 heterocycles. The Hall–Kier alpha value is -1.53. The molecule has 2 unspecified atom stereocenters. The van der Waals surface area contributed by atoms with E-state index in [1.54, 1.807) is 0 Å². The summed E-state index contributed by atoms with van der Waals surface area (Å²) in [5.41, 5.74) is 9.84. The molecule has 1 aliphatic heterocycles. The van der Waals surface area contributed by atoms with Gasteiger partial charge in [-0.15, -0.1) is 0 Å². The second kappa shape index (κ2) is 4.05. The predicted molar refractivity (Wildman–Crippen MR) is 66.1 cm³/mol. The summed E-state index contributed by atoms with van der Waals surface area (Å²) < 4.78 is 0. The molecule has 1 aliphatic carbocycles. The van der Waals surface area contributed by atoms with Crippen LogP contribution in [0.25, 0.3) is 0 Å². The Labute approximate surface area is 102 Å². The van der Waals surface area contributed by atoms with Crippen LogP contribution in [0.4, 0.5) is 0 Å². The summed E-state index contributed by atoms with van der Waals surface area (Å²) in [5, 5.41) is 9.09. The predicted octanol–water partition coefficient (Wildman–Crippen LogP) is 1.73. The molecule has 88 valence electrons. The first-order chi connectivity index (χ1) is 8.31. The third-order valence-electron chi connectivity index (χ3n) is 4.19. The zero-order valence-corrected chi connectivity index (χ0v) is 9.89. The minimum atomic E-state index is 0.426. The summed E-state index contributed by atoms with van der Waals surface area (Å²) in [6, 6.07) is 7.03. The monoisotopic (exact) mass is 227 g/mol. The lowest BCUT2D eigenvalue weighted by Crippen LogP contribution is -2.43. The SMILES string of the molecule is N#CN1CCC2CC1Cc1ccc(CN)cc12. The zero-order valence-electron chi connectivity index (χ0n) is 9.89. The number of piperidine rings is 1. The molecule has 1 fully saturated rings. The molecule has 0 aromatic heterocycles. The van der Waals surface area contributed by atoms with Crippen LogP contribution in [0.2, 0.25) is 0 Å². The Balaban J connectivity index is 1.97. The normalized spacial score (nSPS) is 26.2. The lowest BCUT2D eigenvalue weighted by atomic mass is 9.75. The van der Waals surface area contributed by atoms with Crippen LogP contribution in [0.1, 0.15) is 35.4 Å². The topological polar surface area (TPSA) is 53.0 Å². The highest BCUT2D eigenvalue weighted by Crippen LogP contribution is 2.39. The summed E-state index contributed by atoms with van der Waals surface area (Å²) in [4.78, 5) is 1.95. The Morgan fingerprint density at radius 1 is 1.47 bits per heavy atom. The van der Waals surface area contributed by atoms with Crippen molar-refractivity contribution >= 4 is 0 Å². The standard InChI is InChI=1S/C14H17N3/c15-8-10-1-2-11-6-13-7-12(14(11)5-10)3-4-17(13)9-16/h1-2,5,12-13H,3-4,6-8,15H2. The molecule has 17 heavy (non-hydrogen) atoms. The number of benzene rings is 1. The average Bonchev–Trinajstić information content (AvgIpc) is 2.39. The largest absolute Gasteiger partial charge is 0.326 e. The number of rotatable bonds is 1. The Morgan fingerprint density at radius 2 is 2.35 bits per heavy atom. The summed E-state index contributed by atoms with van der Waals surface area (Å²) in [5.74, 6) is 0.639. The molecule has 3 nitrogen and oxygen atoms in total. The van der Waals surface area contributed by atoms with Gasteiger partial charge in [-0.25, -0.2) is 0 Å². The first kappa shape index (κ1) is 10.6. The van der Waals surface area contributed by atoms with Crippen LogP contribution >= 0.6 is 0 Å². The van der Waals surface area contributed by atoms with Crippen LogP contribution < -0.4 is 5.73 Å². The Morgan fingerprint density at radius 3 is 3.12 bits per heavy atom. The maximum atomic E-state index is 9.09. The number of hydrogen-bond acceptors (Lipinski definition) is 3. The van der Waals surface area contributed by atoms with Crippen molar-refractivity contribution in [3.05, 3.63) is 34.9 Å². The fourth-order valence-corrected chi connectivity index (χ4v) is 3.25. The van der Waals surface area contributed by atoms with E-state index >= 15 is 0 Å². The Bertz CT molecular complexity index is 475. The molecule has 3 heteroatoms. The van der Waals surface area contributed by atoms with Crippen LogP contribution in [0.3, 0.4) is 0 Å². The van der Waals surface area contributed by atoms with Crippen molar-refractivity contribution in [3.63, 3.8) is 0 Å². The lowest BCUT2D eigenvalue weighted by Gasteiger charge is -2.41. The van der Waals surface area contributed by atoms with Gasteiger partial charge in [0.1, 0.15) is 0 Å². The molecule has 2 aliphatic rings. The van der Waals surface area contributed by atoms with Gasteiger partial charge < -0.3 is 10.6 Å². The van der Waals surface area contributed by atoms with E-state index in [1.165, 1.54) is 16.7 Å². The van der Waals surface area contributed by atoms with E-state index in [0.717, 1.165) is 25.8 Å². The second-order valence-corrected chi connectivity index (χ2v) is 5.11. The Kier molecular flexibility index (Phi) is 2.53. The number of nitriles is 1. The molecule has 0 saturated carbocycles. The molecule has 3 rings (SSSR count). The molecule has 1 saturated heterocycles. The van der Waals surface area contributed by atoms with E-state index in [9.17, 15) is 0 Å². The number of likely N-dealkylation sites (tertiary alicyclic amines) is 1. The highest BCUT2D eigenvalue weighted by Gasteiger charge is 2.34. The van der Waals surface area contributed by atoms with Crippen LogP contribution in [0, 0.1) is 11.5 Å². The van der Waals surface area contributed by atoms with Gasteiger partial charge in [-0.2, -0.15) is 5.26 Å². The van der Waals surface area contributed by atoms with Crippen molar-refractivity contribution in [2.24, 2.45) is 5.73 Å². The van der Waals surface area contributed by atoms with E-state index < -0.39 is 0 Å². The quantitative estimate of drug-likeness (QED) is 0.743. The molecule has 0 radical (unpaired) electrons. The molecule has 0 amide bonds. The van der Waals surface area contributed by atoms with Crippen molar-refractivity contribution in [2.45, 2.75) is 37.8 Å². The van der Waals surface area contributed by atoms with Gasteiger partial charge in [0.15, 0.2) is 6.19 Å². The first-order valence-corrected chi connectivity index (χ1v) is 6.30. The number of fused-ring (bicyclic) bond motifs is 4. The van der Waals surface area contributed by atoms with Crippen molar-refractivity contribution in [1.82, 2.24) is 4.90 Å². The van der Waals surface area contributed by atoms with Gasteiger partial charge in [0.05, 0.1) is 0 Å². The number of nitrogens with two attached hydrogens (primary N) is 1. The van der Waals surface area contributed by atoms with Gasteiger partial charge in [-0.3, -0.25) is 0 Å². The van der Waals surface area contributed by atoms with Gasteiger partial charge in [0.2, 0.25) is 0 Å². The molecule has 1 aromatic carbocycles. The van der Waals surface area contributed by atoms with Gasteiger partial charge in [-0.1, -0.05) is 18.2 Å². The average molecular weight is 227 g/mol. The van der Waals surface area contributed by atoms with Crippen LogP contribution in [-0.2, 0) is 13.0 Å². The van der Waals surface area contributed by atoms with E-state index in [0.29, 0.717) is 18.5 Å². The van der Waals surface area contributed by atoms with E-state index in [1.807, 2.05) is 4.90 Å². The van der Waals surface area contributed by atoms with E-state index in [-0.39, 0.29) is 0 Å². The number of hydrogen-bond donors (Lipinski definition) is 1. The van der Waals surface area contributed by atoms with Crippen molar-refractivity contribution < 1.29 is 0 Å². The molecule has 2 N–H and O–H groups in total. The van der Waals surface area contributed by atoms with Crippen molar-refractivity contribution in [1.29, 1.82) is 5.26 Å². The smallest absolute Gasteiger partial charge is 0.179 e.